The molecule has 2 rings (SSSR count). The van der Waals surface area contributed by atoms with Crippen LogP contribution >= 0.6 is 0 Å². The molecule has 0 aromatic heterocycles. The summed E-state index contributed by atoms with van der Waals surface area (Å²) >= 11 is 0. The van der Waals surface area contributed by atoms with Crippen molar-refractivity contribution in [1.82, 2.24) is 5.32 Å². The van der Waals surface area contributed by atoms with Gasteiger partial charge in [-0.2, -0.15) is 0 Å². The van der Waals surface area contributed by atoms with E-state index in [1.165, 1.54) is 19.3 Å². The molecule has 1 aromatic carbocycles. The highest BCUT2D eigenvalue weighted by Crippen LogP contribution is 2.28. The van der Waals surface area contributed by atoms with E-state index in [0.29, 0.717) is 13.0 Å². The highest BCUT2D eigenvalue weighted by molar-refractivity contribution is 6.02. The van der Waals surface area contributed by atoms with Crippen LogP contribution < -0.4 is 11.1 Å². The Morgan fingerprint density at radius 2 is 2.10 bits per heavy atom. The molecule has 5 nitrogen and oxygen atoms in total. The van der Waals surface area contributed by atoms with Gasteiger partial charge in [0.2, 0.25) is 5.91 Å². The fraction of sp³-hybridized carbons (Fsp3) is 0.500. The van der Waals surface area contributed by atoms with Gasteiger partial charge in [0.05, 0.1) is 0 Å². The molecule has 1 fully saturated rings. The smallest absolute Gasteiger partial charge is 0.231 e. The van der Waals surface area contributed by atoms with Gasteiger partial charge >= 0.3 is 0 Å². The van der Waals surface area contributed by atoms with Gasteiger partial charge in [-0.05, 0) is 24.3 Å². The zero-order valence-electron chi connectivity index (χ0n) is 12.2. The minimum Gasteiger partial charge on any atom is -0.409 e. The topological polar surface area (TPSA) is 87.7 Å². The number of hydrogen-bond donors (Lipinski definition) is 3. The summed E-state index contributed by atoms with van der Waals surface area (Å²) in [6.45, 7) is 0.660. The number of carbonyl (C=O) groups excluding carboxylic acids is 1. The van der Waals surface area contributed by atoms with Gasteiger partial charge in [0.15, 0.2) is 5.84 Å². The van der Waals surface area contributed by atoms with Gasteiger partial charge in [-0.1, -0.05) is 54.8 Å². The second-order valence-electron chi connectivity index (χ2n) is 5.64. The Hall–Kier alpha value is -2.04. The molecule has 0 bridgehead atoms. The first-order valence-corrected chi connectivity index (χ1v) is 7.49. The molecule has 0 saturated heterocycles. The first kappa shape index (κ1) is 15.4. The molecule has 5 heteroatoms. The molecule has 1 aromatic rings. The van der Waals surface area contributed by atoms with Crippen LogP contribution in [0.25, 0.3) is 0 Å². The van der Waals surface area contributed by atoms with E-state index >= 15 is 0 Å². The fourth-order valence-electron chi connectivity index (χ4n) is 2.56. The average molecular weight is 289 g/mol. The van der Waals surface area contributed by atoms with E-state index in [-0.39, 0.29) is 11.7 Å². The lowest BCUT2D eigenvalue weighted by atomic mass is 9.83. The molecular formula is C16H23N3O2. The summed E-state index contributed by atoms with van der Waals surface area (Å²) in [5.74, 6) is -0.0889. The molecule has 1 amide bonds. The number of nitrogens with one attached hydrogen (secondary N) is 1. The quantitative estimate of drug-likeness (QED) is 0.310. The Labute approximate surface area is 125 Å². The first-order chi connectivity index (χ1) is 10.2. The number of oxime groups is 1. The third-order valence-electron chi connectivity index (χ3n) is 4.15. The number of hydrogen-bond acceptors (Lipinski definition) is 3. The van der Waals surface area contributed by atoms with E-state index in [4.69, 9.17) is 10.9 Å². The maximum absolute atomic E-state index is 12.3. The van der Waals surface area contributed by atoms with Crippen LogP contribution in [-0.4, -0.2) is 23.5 Å². The van der Waals surface area contributed by atoms with Crippen molar-refractivity contribution in [3.63, 3.8) is 0 Å². The molecule has 0 aliphatic heterocycles. The summed E-state index contributed by atoms with van der Waals surface area (Å²) in [6.07, 6.45) is 5.29. The molecule has 1 saturated carbocycles. The van der Waals surface area contributed by atoms with Crippen molar-refractivity contribution < 1.29 is 10.0 Å². The van der Waals surface area contributed by atoms with Crippen LogP contribution in [0.15, 0.2) is 35.5 Å². The SMILES string of the molecule is N/C(=N/O)C(Cc1ccccc1)C(=O)NCCC1CCC1. The van der Waals surface area contributed by atoms with Crippen LogP contribution in [0.1, 0.15) is 31.2 Å². The standard InChI is InChI=1S/C16H23N3O2/c17-15(19-21)14(11-13-5-2-1-3-6-13)16(20)18-10-9-12-7-4-8-12/h1-3,5-6,12,14,21H,4,7-11H2,(H2,17,19)(H,18,20). The molecule has 0 radical (unpaired) electrons. The number of amides is 1. The molecule has 1 atom stereocenters. The Bertz CT molecular complexity index is 484. The van der Waals surface area contributed by atoms with Crippen LogP contribution in [0.3, 0.4) is 0 Å². The lowest BCUT2D eigenvalue weighted by molar-refractivity contribution is -0.123. The molecule has 21 heavy (non-hydrogen) atoms. The second-order valence-corrected chi connectivity index (χ2v) is 5.64. The van der Waals surface area contributed by atoms with Crippen molar-refractivity contribution in [3.8, 4) is 0 Å². The molecular weight excluding hydrogens is 266 g/mol. The molecule has 1 aliphatic rings. The van der Waals surface area contributed by atoms with Gasteiger partial charge in [-0.25, -0.2) is 0 Å². The predicted octanol–water partition coefficient (Wildman–Crippen LogP) is 1.90. The Morgan fingerprint density at radius 1 is 1.38 bits per heavy atom. The number of benzene rings is 1. The summed E-state index contributed by atoms with van der Waals surface area (Å²) < 4.78 is 0. The molecule has 1 aliphatic carbocycles. The largest absolute Gasteiger partial charge is 0.409 e. The van der Waals surface area contributed by atoms with Crippen molar-refractivity contribution in [3.05, 3.63) is 35.9 Å². The van der Waals surface area contributed by atoms with Crippen molar-refractivity contribution >= 4 is 11.7 Å². The Kier molecular flexibility index (Phi) is 5.60. The van der Waals surface area contributed by atoms with Gasteiger partial charge in [0, 0.05) is 6.54 Å². The number of amidine groups is 1. The number of carbonyl (C=O) groups is 1. The highest BCUT2D eigenvalue weighted by Gasteiger charge is 2.24. The highest BCUT2D eigenvalue weighted by atomic mass is 16.4. The number of rotatable bonds is 7. The first-order valence-electron chi connectivity index (χ1n) is 7.49. The van der Waals surface area contributed by atoms with Gasteiger partial charge in [0.25, 0.3) is 0 Å². The minimum absolute atomic E-state index is 0.0417. The van der Waals surface area contributed by atoms with E-state index in [0.717, 1.165) is 17.9 Å². The van der Waals surface area contributed by atoms with Gasteiger partial charge < -0.3 is 16.3 Å². The maximum atomic E-state index is 12.3. The van der Waals surface area contributed by atoms with E-state index in [2.05, 4.69) is 10.5 Å². The number of nitrogens with zero attached hydrogens (tertiary/aromatic N) is 1. The second kappa shape index (κ2) is 7.67. The van der Waals surface area contributed by atoms with Crippen molar-refractivity contribution in [2.24, 2.45) is 22.7 Å². The summed E-state index contributed by atoms with van der Waals surface area (Å²) in [5, 5.41) is 14.8. The van der Waals surface area contributed by atoms with E-state index in [1.807, 2.05) is 30.3 Å². The monoisotopic (exact) mass is 289 g/mol. The minimum atomic E-state index is -0.626. The third kappa shape index (κ3) is 4.48. The van der Waals surface area contributed by atoms with Crippen LogP contribution in [0.2, 0.25) is 0 Å². The van der Waals surface area contributed by atoms with E-state index in [9.17, 15) is 4.79 Å². The van der Waals surface area contributed by atoms with Crippen LogP contribution in [-0.2, 0) is 11.2 Å². The van der Waals surface area contributed by atoms with Gasteiger partial charge in [0.1, 0.15) is 5.92 Å². The summed E-state index contributed by atoms with van der Waals surface area (Å²) in [6, 6.07) is 9.60. The zero-order valence-corrected chi connectivity index (χ0v) is 12.2. The predicted molar refractivity (Wildman–Crippen MR) is 82.0 cm³/mol. The van der Waals surface area contributed by atoms with Crippen LogP contribution in [0, 0.1) is 11.8 Å². The fourth-order valence-corrected chi connectivity index (χ4v) is 2.56. The molecule has 1 unspecified atom stereocenters. The Morgan fingerprint density at radius 3 is 2.67 bits per heavy atom. The van der Waals surface area contributed by atoms with Crippen molar-refractivity contribution in [2.45, 2.75) is 32.1 Å². The van der Waals surface area contributed by atoms with Crippen LogP contribution in [0.5, 0.6) is 0 Å². The number of nitrogens with two attached hydrogens (primary N) is 1. The summed E-state index contributed by atoms with van der Waals surface area (Å²) in [5.41, 5.74) is 6.66. The van der Waals surface area contributed by atoms with Gasteiger partial charge in [-0.3, -0.25) is 4.79 Å². The molecule has 0 heterocycles. The molecule has 0 spiro atoms. The summed E-state index contributed by atoms with van der Waals surface area (Å²) in [4.78, 5) is 12.3. The zero-order chi connectivity index (χ0) is 15.1. The average Bonchev–Trinajstić information content (AvgIpc) is 2.47. The molecule has 114 valence electrons. The normalized spacial score (nSPS) is 17.0. The van der Waals surface area contributed by atoms with E-state index < -0.39 is 5.92 Å². The van der Waals surface area contributed by atoms with E-state index in [1.54, 1.807) is 0 Å². The van der Waals surface area contributed by atoms with Crippen LogP contribution in [0.4, 0.5) is 0 Å². The Balaban J connectivity index is 1.89. The maximum Gasteiger partial charge on any atom is 0.231 e. The van der Waals surface area contributed by atoms with Crippen molar-refractivity contribution in [2.75, 3.05) is 6.54 Å². The van der Waals surface area contributed by atoms with Gasteiger partial charge in [-0.15, -0.1) is 0 Å². The van der Waals surface area contributed by atoms with Crippen molar-refractivity contribution in [1.29, 1.82) is 0 Å². The third-order valence-corrected chi connectivity index (χ3v) is 4.15. The summed E-state index contributed by atoms with van der Waals surface area (Å²) in [7, 11) is 0. The lowest BCUT2D eigenvalue weighted by Gasteiger charge is -2.25. The lowest BCUT2D eigenvalue weighted by Crippen LogP contribution is -2.41. The molecule has 4 N–H and O–H groups in total.